The molecule has 0 aliphatic carbocycles. The fourth-order valence-corrected chi connectivity index (χ4v) is 13.2. The van der Waals surface area contributed by atoms with Crippen LogP contribution in [0.3, 0.4) is 0 Å². The van der Waals surface area contributed by atoms with Gasteiger partial charge in [-0.3, -0.25) is 9.59 Å². The number of ether oxygens (including phenoxy) is 1. The molecule has 1 amide bonds. The Balaban J connectivity index is 3.37. The molecule has 0 aliphatic rings. The van der Waals surface area contributed by atoms with Crippen LogP contribution in [0.25, 0.3) is 0 Å². The van der Waals surface area contributed by atoms with Crippen molar-refractivity contribution in [1.29, 1.82) is 0 Å². The van der Waals surface area contributed by atoms with E-state index in [2.05, 4.69) is 31.3 Å². The van der Waals surface area contributed by atoms with Crippen molar-refractivity contribution in [2.75, 3.05) is 13.2 Å². The topological polar surface area (TPSA) is 95.9 Å². The molecule has 6 nitrogen and oxygen atoms in total. The first-order valence-corrected chi connectivity index (χ1v) is 41.1. The van der Waals surface area contributed by atoms with E-state index in [0.717, 1.165) is 38.5 Å². The van der Waals surface area contributed by atoms with Crippen LogP contribution >= 0.6 is 0 Å². The molecule has 2 atom stereocenters. The highest BCUT2D eigenvalue weighted by molar-refractivity contribution is 5.76. The molecular weight excluding hydrogens is 1090 g/mol. The molecule has 0 fully saturated rings. The van der Waals surface area contributed by atoms with Crippen molar-refractivity contribution in [1.82, 2.24) is 5.32 Å². The van der Waals surface area contributed by atoms with Crippen LogP contribution in [0.15, 0.2) is 24.3 Å². The molecule has 3 N–H and O–H groups in total. The second kappa shape index (κ2) is 78.8. The van der Waals surface area contributed by atoms with E-state index in [1.165, 1.54) is 405 Å². The van der Waals surface area contributed by atoms with Crippen molar-refractivity contribution in [3.05, 3.63) is 24.3 Å². The fourth-order valence-electron chi connectivity index (χ4n) is 13.2. The van der Waals surface area contributed by atoms with Gasteiger partial charge in [-0.1, -0.05) is 423 Å². The molecule has 528 valence electrons. The molecule has 0 bridgehead atoms. The number of amides is 1. The zero-order chi connectivity index (χ0) is 64.2. The lowest BCUT2D eigenvalue weighted by molar-refractivity contribution is -0.143. The Morgan fingerprint density at radius 1 is 0.303 bits per heavy atom. The van der Waals surface area contributed by atoms with Gasteiger partial charge in [-0.15, -0.1) is 0 Å². The first-order chi connectivity index (χ1) is 44.0. The van der Waals surface area contributed by atoms with Gasteiger partial charge in [-0.25, -0.2) is 0 Å². The normalized spacial score (nSPS) is 12.5. The zero-order valence-electron chi connectivity index (χ0n) is 60.7. The van der Waals surface area contributed by atoms with E-state index < -0.39 is 12.1 Å². The Bertz CT molecular complexity index is 1400. The Morgan fingerprint density at radius 3 is 0.798 bits per heavy atom. The molecule has 89 heavy (non-hydrogen) atoms. The third-order valence-corrected chi connectivity index (χ3v) is 19.5. The number of aliphatic hydroxyl groups excluding tert-OH is 2. The molecule has 0 saturated carbocycles. The Morgan fingerprint density at radius 2 is 0.528 bits per heavy atom. The Hall–Kier alpha value is -1.66. The van der Waals surface area contributed by atoms with Gasteiger partial charge >= 0.3 is 5.97 Å². The Kier molecular flexibility index (Phi) is 77.3. The minimum absolute atomic E-state index is 0.0228. The summed E-state index contributed by atoms with van der Waals surface area (Å²) in [6.45, 7) is 4.97. The van der Waals surface area contributed by atoms with E-state index in [4.69, 9.17) is 4.74 Å². The van der Waals surface area contributed by atoms with E-state index in [0.29, 0.717) is 19.4 Å². The lowest BCUT2D eigenvalue weighted by atomic mass is 10.0. The van der Waals surface area contributed by atoms with E-state index in [1.54, 1.807) is 6.08 Å². The number of allylic oxidation sites excluding steroid dienone is 3. The standard InChI is InChI=1S/C83H161NO5/c1-3-5-7-9-11-13-15-17-19-21-23-24-33-36-40-43-47-51-55-59-63-67-71-75-81(86)80(79-85)84-82(87)76-72-68-64-60-56-52-48-44-41-37-34-31-29-27-25-26-28-30-32-35-38-42-46-50-54-58-62-66-70-74-78-89-83(88)77-73-69-65-61-57-53-49-45-39-22-20-18-16-14-12-10-8-6-4-2/h26,28,71,75,80-81,85-86H,3-25,27,29-70,72-74,76-79H2,1-2H3,(H,84,87)/b28-26-,75-71+. The van der Waals surface area contributed by atoms with Crippen LogP contribution in [-0.4, -0.2) is 47.4 Å². The average molecular weight is 1250 g/mol. The number of esters is 1. The zero-order valence-corrected chi connectivity index (χ0v) is 60.7. The predicted octanol–water partition coefficient (Wildman–Crippen LogP) is 27.2. The molecule has 0 radical (unpaired) electrons. The van der Waals surface area contributed by atoms with E-state index in [9.17, 15) is 19.8 Å². The molecule has 0 aromatic rings. The first kappa shape index (κ1) is 87.3. The molecule has 0 aromatic carbocycles. The van der Waals surface area contributed by atoms with Crippen LogP contribution < -0.4 is 5.32 Å². The summed E-state index contributed by atoms with van der Waals surface area (Å²) in [5.41, 5.74) is 0. The molecule has 0 heterocycles. The van der Waals surface area contributed by atoms with Gasteiger partial charge in [0, 0.05) is 12.8 Å². The van der Waals surface area contributed by atoms with Crippen molar-refractivity contribution in [2.45, 2.75) is 482 Å². The Labute approximate surface area is 558 Å². The highest BCUT2D eigenvalue weighted by Crippen LogP contribution is 2.20. The summed E-state index contributed by atoms with van der Waals surface area (Å²) in [6, 6.07) is -0.628. The van der Waals surface area contributed by atoms with Crippen LogP contribution in [0.5, 0.6) is 0 Å². The summed E-state index contributed by atoms with van der Waals surface area (Å²) in [5, 5.41) is 23.3. The van der Waals surface area contributed by atoms with E-state index in [-0.39, 0.29) is 18.5 Å². The van der Waals surface area contributed by atoms with E-state index in [1.807, 2.05) is 6.08 Å². The third-order valence-electron chi connectivity index (χ3n) is 19.5. The lowest BCUT2D eigenvalue weighted by Gasteiger charge is -2.20. The maximum Gasteiger partial charge on any atom is 0.305 e. The molecule has 0 saturated heterocycles. The number of unbranched alkanes of at least 4 members (excludes halogenated alkanes) is 65. The lowest BCUT2D eigenvalue weighted by Crippen LogP contribution is -2.45. The van der Waals surface area contributed by atoms with Crippen LogP contribution in [0.4, 0.5) is 0 Å². The van der Waals surface area contributed by atoms with Gasteiger partial charge in [0.2, 0.25) is 5.91 Å². The van der Waals surface area contributed by atoms with Gasteiger partial charge in [0.05, 0.1) is 25.4 Å². The summed E-state index contributed by atoms with van der Waals surface area (Å²) in [6.07, 6.45) is 102. The van der Waals surface area contributed by atoms with Crippen molar-refractivity contribution in [3.63, 3.8) is 0 Å². The van der Waals surface area contributed by atoms with Crippen LogP contribution in [-0.2, 0) is 14.3 Å². The summed E-state index contributed by atoms with van der Waals surface area (Å²) < 4.78 is 5.52. The highest BCUT2D eigenvalue weighted by atomic mass is 16.5. The number of carbonyl (C=O) groups excluding carboxylic acids is 2. The van der Waals surface area contributed by atoms with Crippen LogP contribution in [0.1, 0.15) is 470 Å². The number of aliphatic hydroxyl groups is 2. The molecular formula is C83H161NO5. The average Bonchev–Trinajstić information content (AvgIpc) is 3.57. The van der Waals surface area contributed by atoms with Crippen LogP contribution in [0.2, 0.25) is 0 Å². The fraction of sp³-hybridized carbons (Fsp3) is 0.928. The van der Waals surface area contributed by atoms with Crippen molar-refractivity contribution >= 4 is 11.9 Å². The van der Waals surface area contributed by atoms with Gasteiger partial charge in [0.1, 0.15) is 0 Å². The number of carbonyl (C=O) groups is 2. The van der Waals surface area contributed by atoms with Gasteiger partial charge in [0.25, 0.3) is 0 Å². The van der Waals surface area contributed by atoms with Gasteiger partial charge < -0.3 is 20.3 Å². The summed E-state index contributed by atoms with van der Waals surface area (Å²) in [5.74, 6) is -0.0383. The van der Waals surface area contributed by atoms with Crippen molar-refractivity contribution < 1.29 is 24.5 Å². The van der Waals surface area contributed by atoms with Gasteiger partial charge in [-0.2, -0.15) is 0 Å². The molecule has 0 spiro atoms. The molecule has 2 unspecified atom stereocenters. The first-order valence-electron chi connectivity index (χ1n) is 41.1. The number of rotatable bonds is 78. The maximum absolute atomic E-state index is 12.6. The summed E-state index contributed by atoms with van der Waals surface area (Å²) >= 11 is 0. The summed E-state index contributed by atoms with van der Waals surface area (Å²) in [7, 11) is 0. The number of hydrogen-bond donors (Lipinski definition) is 3. The largest absolute Gasteiger partial charge is 0.466 e. The second-order valence-electron chi connectivity index (χ2n) is 28.5. The molecule has 0 aromatic heterocycles. The SMILES string of the molecule is CCCCCCCCCCCCCCCCCCCCCCC/C=C/C(O)C(CO)NC(=O)CCCCCCCCCCCCCCCC/C=C\CCCCCCCCCCCCCCOC(=O)CCCCCCCCCCCCCCCCCCCCC. The maximum atomic E-state index is 12.6. The minimum atomic E-state index is -0.845. The molecule has 0 aliphatic heterocycles. The summed E-state index contributed by atoms with van der Waals surface area (Å²) in [4.78, 5) is 24.7. The van der Waals surface area contributed by atoms with Crippen molar-refractivity contribution in [3.8, 4) is 0 Å². The number of hydrogen-bond acceptors (Lipinski definition) is 5. The monoisotopic (exact) mass is 1250 g/mol. The highest BCUT2D eigenvalue weighted by Gasteiger charge is 2.18. The minimum Gasteiger partial charge on any atom is -0.466 e. The predicted molar refractivity (Wildman–Crippen MR) is 393 cm³/mol. The third kappa shape index (κ3) is 75.3. The second-order valence-corrected chi connectivity index (χ2v) is 28.5. The molecule has 0 rings (SSSR count). The van der Waals surface area contributed by atoms with E-state index >= 15 is 0 Å². The number of nitrogens with one attached hydrogen (secondary N) is 1. The van der Waals surface area contributed by atoms with Gasteiger partial charge in [0.15, 0.2) is 0 Å². The van der Waals surface area contributed by atoms with Gasteiger partial charge in [-0.05, 0) is 57.8 Å². The van der Waals surface area contributed by atoms with Crippen LogP contribution in [0, 0.1) is 0 Å². The van der Waals surface area contributed by atoms with Crippen molar-refractivity contribution in [2.24, 2.45) is 0 Å². The molecule has 6 heteroatoms. The smallest absolute Gasteiger partial charge is 0.305 e. The quantitative estimate of drug-likeness (QED) is 0.0320.